The number of piperidine rings is 1. The van der Waals surface area contributed by atoms with Crippen molar-refractivity contribution in [2.75, 3.05) is 20.2 Å². The molecule has 1 N–H and O–H groups in total. The van der Waals surface area contributed by atoms with Gasteiger partial charge in [-0.25, -0.2) is 4.98 Å². The summed E-state index contributed by atoms with van der Waals surface area (Å²) >= 11 is 0. The fraction of sp³-hybridized carbons (Fsp3) is 0.727. The molecule has 2 heterocycles. The van der Waals surface area contributed by atoms with Crippen molar-refractivity contribution in [3.05, 3.63) is 17.8 Å². The van der Waals surface area contributed by atoms with Crippen LogP contribution in [-0.2, 0) is 6.42 Å². The van der Waals surface area contributed by atoms with Gasteiger partial charge in [-0.05, 0) is 26.4 Å². The lowest BCUT2D eigenvalue weighted by molar-refractivity contribution is 0.183. The SMILES string of the molecule is CN1CCCCC1c1coc(CCO)n1. The monoisotopic (exact) mass is 210 g/mol. The van der Waals surface area contributed by atoms with Crippen molar-refractivity contribution >= 4 is 0 Å². The van der Waals surface area contributed by atoms with Crippen LogP contribution in [0.15, 0.2) is 10.7 Å². The predicted molar refractivity (Wildman–Crippen MR) is 56.5 cm³/mol. The Kier molecular flexibility index (Phi) is 3.38. The Hall–Kier alpha value is -0.870. The third-order valence-electron chi connectivity index (χ3n) is 3.01. The summed E-state index contributed by atoms with van der Waals surface area (Å²) in [7, 11) is 2.13. The number of hydrogen-bond donors (Lipinski definition) is 1. The minimum Gasteiger partial charge on any atom is -0.449 e. The molecule has 0 aliphatic carbocycles. The highest BCUT2D eigenvalue weighted by Crippen LogP contribution is 2.28. The maximum absolute atomic E-state index is 8.78. The van der Waals surface area contributed by atoms with Crippen LogP contribution in [0, 0.1) is 0 Å². The highest BCUT2D eigenvalue weighted by molar-refractivity contribution is 5.04. The molecule has 0 radical (unpaired) electrons. The number of nitrogens with zero attached hydrogens (tertiary/aromatic N) is 2. The molecule has 0 spiro atoms. The topological polar surface area (TPSA) is 49.5 Å². The Morgan fingerprint density at radius 3 is 3.20 bits per heavy atom. The highest BCUT2D eigenvalue weighted by Gasteiger charge is 2.23. The Morgan fingerprint density at radius 1 is 1.60 bits per heavy atom. The van der Waals surface area contributed by atoms with Crippen molar-refractivity contribution in [3.8, 4) is 0 Å². The van der Waals surface area contributed by atoms with Crippen LogP contribution in [-0.4, -0.2) is 35.2 Å². The summed E-state index contributed by atoms with van der Waals surface area (Å²) in [6.45, 7) is 1.23. The second kappa shape index (κ2) is 4.77. The van der Waals surface area contributed by atoms with Gasteiger partial charge in [-0.3, -0.25) is 4.90 Å². The van der Waals surface area contributed by atoms with Gasteiger partial charge in [0.15, 0.2) is 5.89 Å². The number of hydrogen-bond acceptors (Lipinski definition) is 4. The summed E-state index contributed by atoms with van der Waals surface area (Å²) in [5.74, 6) is 0.645. The van der Waals surface area contributed by atoms with E-state index in [1.165, 1.54) is 12.8 Å². The second-order valence-electron chi connectivity index (χ2n) is 4.13. The fourth-order valence-electron chi connectivity index (χ4n) is 2.14. The predicted octanol–water partition coefficient (Wildman–Crippen LogP) is 1.37. The average molecular weight is 210 g/mol. The van der Waals surface area contributed by atoms with Crippen LogP contribution < -0.4 is 0 Å². The lowest BCUT2D eigenvalue weighted by Gasteiger charge is -2.30. The van der Waals surface area contributed by atoms with Crippen molar-refractivity contribution in [1.82, 2.24) is 9.88 Å². The fourth-order valence-corrected chi connectivity index (χ4v) is 2.14. The van der Waals surface area contributed by atoms with Gasteiger partial charge in [0.1, 0.15) is 6.26 Å². The number of aliphatic hydroxyl groups excluding tert-OH is 1. The molecule has 1 aliphatic rings. The molecule has 0 amide bonds. The van der Waals surface area contributed by atoms with Gasteiger partial charge >= 0.3 is 0 Å². The molecule has 1 atom stereocenters. The lowest BCUT2D eigenvalue weighted by Crippen LogP contribution is -2.29. The minimum atomic E-state index is 0.0977. The maximum atomic E-state index is 8.78. The average Bonchev–Trinajstić information content (AvgIpc) is 2.68. The molecule has 1 aromatic rings. The van der Waals surface area contributed by atoms with Crippen LogP contribution in [0.3, 0.4) is 0 Å². The Balaban J connectivity index is 2.06. The molecule has 1 fully saturated rings. The van der Waals surface area contributed by atoms with Crippen molar-refractivity contribution in [2.45, 2.75) is 31.7 Å². The molecule has 84 valence electrons. The number of likely N-dealkylation sites (tertiary alicyclic amines) is 1. The Labute approximate surface area is 89.9 Å². The first kappa shape index (κ1) is 10.6. The lowest BCUT2D eigenvalue weighted by atomic mass is 10.0. The summed E-state index contributed by atoms with van der Waals surface area (Å²) in [6.07, 6.45) is 5.93. The van der Waals surface area contributed by atoms with Crippen LogP contribution in [0.4, 0.5) is 0 Å². The van der Waals surface area contributed by atoms with Gasteiger partial charge < -0.3 is 9.52 Å². The van der Waals surface area contributed by atoms with Crippen LogP contribution in [0.1, 0.15) is 36.9 Å². The minimum absolute atomic E-state index is 0.0977. The standard InChI is InChI=1S/C11H18N2O2/c1-13-6-3-2-4-10(13)9-8-15-11(12-9)5-7-14/h8,10,14H,2-7H2,1H3. The number of aromatic nitrogens is 1. The van der Waals surface area contributed by atoms with E-state index in [9.17, 15) is 0 Å². The van der Waals surface area contributed by atoms with E-state index >= 15 is 0 Å². The molecule has 15 heavy (non-hydrogen) atoms. The number of rotatable bonds is 3. The zero-order valence-electron chi connectivity index (χ0n) is 9.15. The highest BCUT2D eigenvalue weighted by atomic mass is 16.3. The normalized spacial score (nSPS) is 23.2. The van der Waals surface area contributed by atoms with Gasteiger partial charge in [-0.15, -0.1) is 0 Å². The van der Waals surface area contributed by atoms with Gasteiger partial charge in [0.2, 0.25) is 0 Å². The van der Waals surface area contributed by atoms with Crippen LogP contribution in [0.2, 0.25) is 0 Å². The molecule has 1 saturated heterocycles. The van der Waals surface area contributed by atoms with E-state index in [0.717, 1.165) is 18.7 Å². The molecular weight excluding hydrogens is 192 g/mol. The molecule has 4 nitrogen and oxygen atoms in total. The van der Waals surface area contributed by atoms with E-state index < -0.39 is 0 Å². The first-order valence-corrected chi connectivity index (χ1v) is 5.56. The van der Waals surface area contributed by atoms with E-state index in [-0.39, 0.29) is 6.61 Å². The summed E-state index contributed by atoms with van der Waals surface area (Å²) in [4.78, 5) is 6.73. The van der Waals surface area contributed by atoms with E-state index in [4.69, 9.17) is 9.52 Å². The van der Waals surface area contributed by atoms with E-state index in [0.29, 0.717) is 18.4 Å². The van der Waals surface area contributed by atoms with E-state index in [2.05, 4.69) is 16.9 Å². The molecule has 1 aliphatic heterocycles. The summed E-state index contributed by atoms with van der Waals surface area (Å²) < 4.78 is 5.31. The maximum Gasteiger partial charge on any atom is 0.196 e. The van der Waals surface area contributed by atoms with E-state index in [1.807, 2.05) is 0 Å². The molecular formula is C11H18N2O2. The zero-order valence-corrected chi connectivity index (χ0v) is 9.15. The summed E-state index contributed by atoms with van der Waals surface area (Å²) in [5.41, 5.74) is 1.01. The van der Waals surface area contributed by atoms with Crippen LogP contribution >= 0.6 is 0 Å². The van der Waals surface area contributed by atoms with Crippen molar-refractivity contribution < 1.29 is 9.52 Å². The largest absolute Gasteiger partial charge is 0.449 e. The van der Waals surface area contributed by atoms with Crippen LogP contribution in [0.25, 0.3) is 0 Å². The second-order valence-corrected chi connectivity index (χ2v) is 4.13. The molecule has 2 rings (SSSR count). The molecule has 0 saturated carbocycles. The zero-order chi connectivity index (χ0) is 10.7. The molecule has 1 unspecified atom stereocenters. The summed E-state index contributed by atoms with van der Waals surface area (Å²) in [5, 5.41) is 8.78. The quantitative estimate of drug-likeness (QED) is 0.818. The first-order chi connectivity index (χ1) is 7.31. The third-order valence-corrected chi connectivity index (χ3v) is 3.01. The molecule has 4 heteroatoms. The first-order valence-electron chi connectivity index (χ1n) is 5.56. The van der Waals surface area contributed by atoms with Gasteiger partial charge in [-0.2, -0.15) is 0 Å². The smallest absolute Gasteiger partial charge is 0.196 e. The van der Waals surface area contributed by atoms with Crippen LogP contribution in [0.5, 0.6) is 0 Å². The number of aliphatic hydroxyl groups is 1. The van der Waals surface area contributed by atoms with Crippen molar-refractivity contribution in [1.29, 1.82) is 0 Å². The molecule has 0 bridgehead atoms. The summed E-state index contributed by atoms with van der Waals surface area (Å²) in [6, 6.07) is 0.398. The number of oxazole rings is 1. The third kappa shape index (κ3) is 2.38. The van der Waals surface area contributed by atoms with Crippen molar-refractivity contribution in [3.63, 3.8) is 0 Å². The molecule has 0 aromatic carbocycles. The Morgan fingerprint density at radius 2 is 2.47 bits per heavy atom. The van der Waals surface area contributed by atoms with Gasteiger partial charge in [-0.1, -0.05) is 6.42 Å². The molecule has 1 aromatic heterocycles. The van der Waals surface area contributed by atoms with Gasteiger partial charge in [0.25, 0.3) is 0 Å². The Bertz CT molecular complexity index is 311. The van der Waals surface area contributed by atoms with Gasteiger partial charge in [0.05, 0.1) is 18.3 Å². The van der Waals surface area contributed by atoms with E-state index in [1.54, 1.807) is 6.26 Å². The van der Waals surface area contributed by atoms with Gasteiger partial charge in [0, 0.05) is 6.42 Å². The van der Waals surface area contributed by atoms with Crippen molar-refractivity contribution in [2.24, 2.45) is 0 Å².